The Morgan fingerprint density at radius 1 is 0.692 bits per heavy atom. The molecule has 5 fully saturated rings. The summed E-state index contributed by atoms with van der Waals surface area (Å²) in [6.07, 6.45) is 4.84. The van der Waals surface area contributed by atoms with Crippen LogP contribution >= 0.6 is 0 Å². The van der Waals surface area contributed by atoms with Crippen molar-refractivity contribution in [2.24, 2.45) is 11.8 Å². The molecule has 0 radical (unpaired) electrons. The van der Waals surface area contributed by atoms with Gasteiger partial charge in [-0.1, -0.05) is 0 Å². The predicted octanol–water partition coefficient (Wildman–Crippen LogP) is 0.328. The second-order valence-corrected chi connectivity index (χ2v) is 5.15. The Bertz CT molecular complexity index is 284. The van der Waals surface area contributed by atoms with Crippen molar-refractivity contribution in [1.82, 2.24) is 0 Å². The van der Waals surface area contributed by atoms with Crippen LogP contribution in [-0.2, 0) is 14.2 Å². The smallest absolute Gasteiger partial charge is 0.0924 e. The number of fused-ring (bicyclic) bond motifs is 2. The molecular weight excluding hydrogens is 168 g/mol. The van der Waals surface area contributed by atoms with E-state index in [1.807, 2.05) is 0 Å². The van der Waals surface area contributed by atoms with Gasteiger partial charge in [0.2, 0.25) is 0 Å². The molecule has 5 rings (SSSR count). The Labute approximate surface area is 76.3 Å². The van der Waals surface area contributed by atoms with Crippen molar-refractivity contribution in [3.05, 3.63) is 0 Å². The maximum Gasteiger partial charge on any atom is 0.0924 e. The van der Waals surface area contributed by atoms with Gasteiger partial charge in [0.15, 0.2) is 0 Å². The predicted molar refractivity (Wildman–Crippen MR) is 42.2 cm³/mol. The minimum Gasteiger partial charge on any atom is -0.369 e. The van der Waals surface area contributed by atoms with E-state index >= 15 is 0 Å². The first kappa shape index (κ1) is 6.38. The molecule has 0 spiro atoms. The highest BCUT2D eigenvalue weighted by Gasteiger charge is 2.71. The Morgan fingerprint density at radius 2 is 1.38 bits per heavy atom. The van der Waals surface area contributed by atoms with Crippen LogP contribution in [0.15, 0.2) is 0 Å². The van der Waals surface area contributed by atoms with Gasteiger partial charge in [-0.3, -0.25) is 0 Å². The Hall–Kier alpha value is -0.120. The summed E-state index contributed by atoms with van der Waals surface area (Å²) < 4.78 is 18.0. The summed E-state index contributed by atoms with van der Waals surface area (Å²) in [5.41, 5.74) is 0. The Kier molecular flexibility index (Phi) is 0.827. The SMILES string of the molecule is C1C2CC3OC4C1OC1C2OC3C41. The van der Waals surface area contributed by atoms with E-state index in [0.717, 1.165) is 5.92 Å². The van der Waals surface area contributed by atoms with Gasteiger partial charge in [0.25, 0.3) is 0 Å². The molecule has 5 saturated heterocycles. The molecule has 5 heterocycles. The first-order valence-corrected chi connectivity index (χ1v) is 5.38. The molecule has 5 aliphatic heterocycles. The normalized spacial score (nSPS) is 75.7. The largest absolute Gasteiger partial charge is 0.369 e. The lowest BCUT2D eigenvalue weighted by molar-refractivity contribution is -0.135. The minimum atomic E-state index is 0.387. The molecule has 5 aliphatic rings. The van der Waals surface area contributed by atoms with E-state index in [2.05, 4.69) is 0 Å². The van der Waals surface area contributed by atoms with Gasteiger partial charge in [-0.15, -0.1) is 0 Å². The third kappa shape index (κ3) is 0.506. The molecule has 0 aromatic heterocycles. The van der Waals surface area contributed by atoms with Crippen LogP contribution in [0.1, 0.15) is 12.8 Å². The van der Waals surface area contributed by atoms with Crippen LogP contribution in [0.25, 0.3) is 0 Å². The third-order valence-electron chi connectivity index (χ3n) is 4.71. The van der Waals surface area contributed by atoms with Crippen molar-refractivity contribution in [3.8, 4) is 0 Å². The summed E-state index contributed by atoms with van der Waals surface area (Å²) in [7, 11) is 0. The van der Waals surface area contributed by atoms with Gasteiger partial charge in [-0.25, -0.2) is 0 Å². The maximum atomic E-state index is 6.02. The minimum absolute atomic E-state index is 0.387. The molecule has 13 heavy (non-hydrogen) atoms. The zero-order valence-electron chi connectivity index (χ0n) is 7.26. The van der Waals surface area contributed by atoms with Crippen LogP contribution < -0.4 is 0 Å². The second kappa shape index (κ2) is 1.69. The van der Waals surface area contributed by atoms with Crippen LogP contribution in [0.4, 0.5) is 0 Å². The van der Waals surface area contributed by atoms with Gasteiger partial charge in [0.05, 0.1) is 36.6 Å². The fourth-order valence-electron chi connectivity index (χ4n) is 4.34. The summed E-state index contributed by atoms with van der Waals surface area (Å²) in [6, 6.07) is 0. The lowest BCUT2D eigenvalue weighted by atomic mass is 9.86. The average Bonchev–Trinajstić information content (AvgIpc) is 2.69. The first-order chi connectivity index (χ1) is 6.42. The van der Waals surface area contributed by atoms with E-state index < -0.39 is 0 Å². The van der Waals surface area contributed by atoms with Crippen LogP contribution in [0.5, 0.6) is 0 Å². The summed E-state index contributed by atoms with van der Waals surface area (Å²) in [4.78, 5) is 0. The Balaban J connectivity index is 1.81. The highest BCUT2D eigenvalue weighted by Crippen LogP contribution is 2.59. The molecule has 3 nitrogen and oxygen atoms in total. The van der Waals surface area contributed by atoms with Crippen molar-refractivity contribution in [2.45, 2.75) is 49.5 Å². The van der Waals surface area contributed by atoms with Crippen LogP contribution in [0.2, 0.25) is 0 Å². The van der Waals surface area contributed by atoms with Gasteiger partial charge >= 0.3 is 0 Å². The van der Waals surface area contributed by atoms with Crippen LogP contribution in [-0.4, -0.2) is 36.6 Å². The first-order valence-electron chi connectivity index (χ1n) is 5.38. The highest BCUT2D eigenvalue weighted by molar-refractivity contribution is 5.17. The molecule has 8 atom stereocenters. The lowest BCUT2D eigenvalue weighted by Gasteiger charge is -2.36. The molecule has 4 bridgehead atoms. The number of ether oxygens (including phenoxy) is 3. The van der Waals surface area contributed by atoms with E-state index in [4.69, 9.17) is 14.2 Å². The standard InChI is InChI=1S/C10H12O3/c1-3-2-5-9-6-8(11-5)4(1)12-10(6)7(3)13-9/h3-10H,1-2H2. The van der Waals surface area contributed by atoms with E-state index in [-0.39, 0.29) is 0 Å². The molecule has 3 heteroatoms. The molecule has 8 unspecified atom stereocenters. The van der Waals surface area contributed by atoms with Crippen molar-refractivity contribution >= 4 is 0 Å². The van der Waals surface area contributed by atoms with Gasteiger partial charge in [-0.05, 0) is 18.8 Å². The van der Waals surface area contributed by atoms with Crippen molar-refractivity contribution in [3.63, 3.8) is 0 Å². The van der Waals surface area contributed by atoms with E-state index in [1.165, 1.54) is 12.8 Å². The Morgan fingerprint density at radius 3 is 2.23 bits per heavy atom. The molecule has 0 aromatic rings. The molecule has 70 valence electrons. The van der Waals surface area contributed by atoms with E-state index in [0.29, 0.717) is 42.5 Å². The maximum absolute atomic E-state index is 6.02. The van der Waals surface area contributed by atoms with Gasteiger partial charge in [0.1, 0.15) is 0 Å². The molecule has 0 N–H and O–H groups in total. The van der Waals surface area contributed by atoms with Crippen molar-refractivity contribution < 1.29 is 14.2 Å². The molecule has 0 aromatic carbocycles. The molecule has 0 aliphatic carbocycles. The molecule has 0 saturated carbocycles. The summed E-state index contributed by atoms with van der Waals surface area (Å²) in [6.45, 7) is 0. The average molecular weight is 180 g/mol. The van der Waals surface area contributed by atoms with E-state index in [1.54, 1.807) is 0 Å². The molecule has 0 amide bonds. The number of hydrogen-bond acceptors (Lipinski definition) is 3. The highest BCUT2D eigenvalue weighted by atomic mass is 16.6. The fourth-order valence-corrected chi connectivity index (χ4v) is 4.34. The number of hydrogen-bond donors (Lipinski definition) is 0. The van der Waals surface area contributed by atoms with Crippen LogP contribution in [0.3, 0.4) is 0 Å². The van der Waals surface area contributed by atoms with Gasteiger partial charge in [-0.2, -0.15) is 0 Å². The fraction of sp³-hybridized carbons (Fsp3) is 1.00. The second-order valence-electron chi connectivity index (χ2n) is 5.15. The lowest BCUT2D eigenvalue weighted by Crippen LogP contribution is -2.43. The number of rotatable bonds is 0. The van der Waals surface area contributed by atoms with Gasteiger partial charge in [0, 0.05) is 5.92 Å². The van der Waals surface area contributed by atoms with Gasteiger partial charge < -0.3 is 14.2 Å². The summed E-state index contributed by atoms with van der Waals surface area (Å²) in [5.74, 6) is 1.33. The topological polar surface area (TPSA) is 27.7 Å². The van der Waals surface area contributed by atoms with Crippen LogP contribution in [0, 0.1) is 11.8 Å². The van der Waals surface area contributed by atoms with Crippen molar-refractivity contribution in [2.75, 3.05) is 0 Å². The zero-order chi connectivity index (χ0) is 8.15. The summed E-state index contributed by atoms with van der Waals surface area (Å²) in [5, 5.41) is 0. The molecular formula is C10H12O3. The van der Waals surface area contributed by atoms with Crippen molar-refractivity contribution in [1.29, 1.82) is 0 Å². The quantitative estimate of drug-likeness (QED) is 0.537. The van der Waals surface area contributed by atoms with E-state index in [9.17, 15) is 0 Å². The zero-order valence-corrected chi connectivity index (χ0v) is 7.26. The third-order valence-corrected chi connectivity index (χ3v) is 4.71. The monoisotopic (exact) mass is 180 g/mol. The summed E-state index contributed by atoms with van der Waals surface area (Å²) >= 11 is 0.